The van der Waals surface area contributed by atoms with E-state index in [4.69, 9.17) is 5.73 Å². The molecule has 0 aromatic carbocycles. The van der Waals surface area contributed by atoms with Gasteiger partial charge >= 0.3 is 0 Å². The lowest BCUT2D eigenvalue weighted by Crippen LogP contribution is -2.31. The second-order valence-corrected chi connectivity index (χ2v) is 7.94. The van der Waals surface area contributed by atoms with Gasteiger partial charge in [0.25, 0.3) is 0 Å². The summed E-state index contributed by atoms with van der Waals surface area (Å²) >= 11 is 0. The van der Waals surface area contributed by atoms with Gasteiger partial charge in [-0.05, 0) is 62.0 Å². The molecule has 1 heterocycles. The number of nitrogens with two attached hydrogens (primary N) is 1. The molecule has 0 aromatic heterocycles. The molecule has 0 bridgehead atoms. The van der Waals surface area contributed by atoms with Crippen molar-refractivity contribution in [1.29, 1.82) is 0 Å². The Labute approximate surface area is 174 Å². The second-order valence-electron chi connectivity index (χ2n) is 7.94. The van der Waals surface area contributed by atoms with Crippen molar-refractivity contribution in [1.82, 2.24) is 5.32 Å². The number of rotatable bonds is 10. The highest BCUT2D eigenvalue weighted by atomic mass is 19.1. The summed E-state index contributed by atoms with van der Waals surface area (Å²) in [5, 5.41) is 12.4. The van der Waals surface area contributed by atoms with Gasteiger partial charge in [0.15, 0.2) is 0 Å². The van der Waals surface area contributed by atoms with E-state index in [2.05, 4.69) is 35.7 Å². The second kappa shape index (κ2) is 11.5. The maximum absolute atomic E-state index is 13.7. The third kappa shape index (κ3) is 8.60. The van der Waals surface area contributed by atoms with Gasteiger partial charge in [-0.15, -0.1) is 0 Å². The number of allylic oxidation sites excluding steroid dienone is 3. The normalized spacial score (nSPS) is 20.9. The van der Waals surface area contributed by atoms with E-state index in [0.717, 1.165) is 35.1 Å². The van der Waals surface area contributed by atoms with Crippen LogP contribution in [0.1, 0.15) is 41.0 Å². The summed E-state index contributed by atoms with van der Waals surface area (Å²) in [5.41, 5.74) is 8.99. The van der Waals surface area contributed by atoms with Gasteiger partial charge in [-0.25, -0.2) is 4.39 Å². The molecule has 0 radical (unpaired) electrons. The Kier molecular flexibility index (Phi) is 9.75. The largest absolute Gasteiger partial charge is 0.515 e. The zero-order valence-corrected chi connectivity index (χ0v) is 18.2. The number of alkyl halides is 1. The quantitative estimate of drug-likeness (QED) is 0.284. The van der Waals surface area contributed by atoms with E-state index in [9.17, 15) is 9.50 Å². The first kappa shape index (κ1) is 24.6. The van der Waals surface area contributed by atoms with E-state index >= 15 is 0 Å². The van der Waals surface area contributed by atoms with Gasteiger partial charge in [0, 0.05) is 30.7 Å². The minimum atomic E-state index is -1.37. The number of nitrogens with one attached hydrogen (secondary N) is 1. The Bertz CT molecular complexity index is 751. The van der Waals surface area contributed by atoms with Crippen molar-refractivity contribution in [3.05, 3.63) is 59.7 Å². The lowest BCUT2D eigenvalue weighted by Gasteiger charge is -2.23. The summed E-state index contributed by atoms with van der Waals surface area (Å²) in [7, 11) is 0. The first-order valence-corrected chi connectivity index (χ1v) is 9.92. The number of hydrogen-bond acceptors (Lipinski definition) is 5. The van der Waals surface area contributed by atoms with Crippen molar-refractivity contribution in [3.8, 4) is 0 Å². The number of halogens is 1. The average Bonchev–Trinajstić information content (AvgIpc) is 2.66. The molecule has 6 heteroatoms. The van der Waals surface area contributed by atoms with Gasteiger partial charge in [0.05, 0.1) is 24.6 Å². The number of aliphatic imine (C=N–C) groups is 2. The van der Waals surface area contributed by atoms with Gasteiger partial charge in [0.2, 0.25) is 0 Å². The predicted molar refractivity (Wildman–Crippen MR) is 122 cm³/mol. The zero-order valence-electron chi connectivity index (χ0n) is 18.2. The smallest absolute Gasteiger partial charge is 0.124 e. The van der Waals surface area contributed by atoms with Crippen LogP contribution in [-0.2, 0) is 0 Å². The van der Waals surface area contributed by atoms with E-state index in [1.54, 1.807) is 25.4 Å². The molecular formula is C23H35FN4O. The highest BCUT2D eigenvalue weighted by Gasteiger charge is 2.21. The number of aliphatic hydroxyl groups excluding tert-OH is 1. The molecule has 160 valence electrons. The molecule has 29 heavy (non-hydrogen) atoms. The van der Waals surface area contributed by atoms with Gasteiger partial charge in [-0.2, -0.15) is 0 Å². The number of nitrogens with zero attached hydrogens (tertiary/aromatic N) is 2. The Morgan fingerprint density at radius 2 is 2.21 bits per heavy atom. The van der Waals surface area contributed by atoms with Crippen molar-refractivity contribution in [3.63, 3.8) is 0 Å². The first-order chi connectivity index (χ1) is 13.6. The Morgan fingerprint density at radius 3 is 2.79 bits per heavy atom. The summed E-state index contributed by atoms with van der Waals surface area (Å²) in [6.45, 7) is 13.7. The maximum Gasteiger partial charge on any atom is 0.124 e. The first-order valence-electron chi connectivity index (χ1n) is 9.92. The third-order valence-corrected chi connectivity index (χ3v) is 4.55. The van der Waals surface area contributed by atoms with Crippen molar-refractivity contribution in [2.75, 3.05) is 13.1 Å². The molecule has 1 aliphatic heterocycles. The van der Waals surface area contributed by atoms with E-state index < -0.39 is 5.67 Å². The number of aliphatic hydroxyl groups is 1. The molecular weight excluding hydrogens is 367 g/mol. The Morgan fingerprint density at radius 1 is 1.52 bits per heavy atom. The van der Waals surface area contributed by atoms with Crippen LogP contribution in [0.15, 0.2) is 69.7 Å². The highest BCUT2D eigenvalue weighted by molar-refractivity contribution is 6.14. The van der Waals surface area contributed by atoms with Crippen molar-refractivity contribution >= 4 is 11.9 Å². The van der Waals surface area contributed by atoms with E-state index in [-0.39, 0.29) is 12.6 Å². The SMILES string of the molecule is C=C(C1=NC=CC(N)/C1=C\NCC(/C=N\CC(C)(C)F)=C/C(C)=C/O)C(C)CC. The lowest BCUT2D eigenvalue weighted by atomic mass is 9.88. The summed E-state index contributed by atoms with van der Waals surface area (Å²) in [6, 6.07) is -0.275. The van der Waals surface area contributed by atoms with Gasteiger partial charge in [-0.1, -0.05) is 20.4 Å². The zero-order chi connectivity index (χ0) is 22.0. The van der Waals surface area contributed by atoms with Crippen LogP contribution in [-0.4, -0.2) is 41.8 Å². The molecule has 5 nitrogen and oxygen atoms in total. The molecule has 0 fully saturated rings. The van der Waals surface area contributed by atoms with Crippen molar-refractivity contribution in [2.24, 2.45) is 21.6 Å². The summed E-state index contributed by atoms with van der Waals surface area (Å²) in [6.07, 6.45) is 10.8. The van der Waals surface area contributed by atoms with Crippen LogP contribution >= 0.6 is 0 Å². The van der Waals surface area contributed by atoms with Crippen LogP contribution < -0.4 is 11.1 Å². The molecule has 4 N–H and O–H groups in total. The molecule has 2 unspecified atom stereocenters. The molecule has 1 aliphatic rings. The topological polar surface area (TPSA) is 83.0 Å². The molecule has 0 saturated heterocycles. The monoisotopic (exact) mass is 402 g/mol. The lowest BCUT2D eigenvalue weighted by molar-refractivity contribution is 0.229. The van der Waals surface area contributed by atoms with Crippen LogP contribution in [0.2, 0.25) is 0 Å². The molecule has 0 amide bonds. The standard InChI is InChI=1S/C23H35FN4O/c1-7-17(3)18(4)22-20(21(25)8-9-28-22)13-26-11-19(10-16(2)14-29)12-27-15-23(5,6)24/h8-10,12-14,17,21,26,29H,4,7,11,15,25H2,1-3,5-6H3/b16-14+,19-10-,20-13+,27-12-. The molecule has 0 spiro atoms. The Balaban J connectivity index is 2.98. The Hall–Kier alpha value is -2.47. The third-order valence-electron chi connectivity index (χ3n) is 4.55. The fourth-order valence-electron chi connectivity index (χ4n) is 2.58. The van der Waals surface area contributed by atoms with E-state index in [0.29, 0.717) is 18.0 Å². The van der Waals surface area contributed by atoms with Gasteiger partial charge < -0.3 is 16.2 Å². The predicted octanol–water partition coefficient (Wildman–Crippen LogP) is 4.56. The molecule has 0 aliphatic carbocycles. The highest BCUT2D eigenvalue weighted by Crippen LogP contribution is 2.22. The van der Waals surface area contributed by atoms with Gasteiger partial charge in [0.1, 0.15) is 5.67 Å². The minimum absolute atomic E-state index is 0.0640. The minimum Gasteiger partial charge on any atom is -0.515 e. The van der Waals surface area contributed by atoms with Crippen LogP contribution in [0.25, 0.3) is 0 Å². The van der Waals surface area contributed by atoms with Crippen LogP contribution in [0.5, 0.6) is 0 Å². The fraction of sp³-hybridized carbons (Fsp3) is 0.478. The van der Waals surface area contributed by atoms with Crippen molar-refractivity contribution < 1.29 is 9.50 Å². The van der Waals surface area contributed by atoms with Crippen LogP contribution in [0.3, 0.4) is 0 Å². The maximum atomic E-state index is 13.7. The summed E-state index contributed by atoms with van der Waals surface area (Å²) in [4.78, 5) is 8.67. The van der Waals surface area contributed by atoms with Crippen LogP contribution in [0, 0.1) is 5.92 Å². The molecule has 0 saturated carbocycles. The summed E-state index contributed by atoms with van der Waals surface area (Å²) < 4.78 is 13.7. The summed E-state index contributed by atoms with van der Waals surface area (Å²) in [5.74, 6) is 0.305. The van der Waals surface area contributed by atoms with E-state index in [1.165, 1.54) is 13.8 Å². The molecule has 0 aromatic rings. The fourth-order valence-corrected chi connectivity index (χ4v) is 2.58. The number of hydrogen-bond donors (Lipinski definition) is 3. The van der Waals surface area contributed by atoms with Gasteiger partial charge in [-0.3, -0.25) is 9.98 Å². The molecule has 2 atom stereocenters. The van der Waals surface area contributed by atoms with Crippen molar-refractivity contribution in [2.45, 2.75) is 52.8 Å². The van der Waals surface area contributed by atoms with E-state index in [1.807, 2.05) is 12.3 Å². The average molecular weight is 403 g/mol. The van der Waals surface area contributed by atoms with Crippen LogP contribution in [0.4, 0.5) is 4.39 Å². The molecule has 1 rings (SSSR count).